The lowest BCUT2D eigenvalue weighted by Gasteiger charge is -2.51. The van der Waals surface area contributed by atoms with Gasteiger partial charge in [-0.25, -0.2) is 9.59 Å². The first-order chi connectivity index (χ1) is 9.42. The van der Waals surface area contributed by atoms with Gasteiger partial charge in [-0.2, -0.15) is 0 Å². The van der Waals surface area contributed by atoms with Gasteiger partial charge in [-0.05, 0) is 6.42 Å². The summed E-state index contributed by atoms with van der Waals surface area (Å²) < 4.78 is 10.5. The van der Waals surface area contributed by atoms with Gasteiger partial charge in [0.15, 0.2) is 0 Å². The Morgan fingerprint density at radius 2 is 1.95 bits per heavy atom. The molecule has 5 nitrogen and oxygen atoms in total. The van der Waals surface area contributed by atoms with E-state index in [-0.39, 0.29) is 18.1 Å². The summed E-state index contributed by atoms with van der Waals surface area (Å²) in [6.07, 6.45) is 0.604. The molecular weight excluding hydrogens is 260 g/mol. The molecule has 106 valence electrons. The second kappa shape index (κ2) is 4.06. The number of hydrogen-bond donors (Lipinski definition) is 1. The number of aliphatic hydroxyl groups excluding tert-OH is 1. The molecule has 2 saturated heterocycles. The molecule has 3 aliphatic rings. The van der Waals surface area contributed by atoms with E-state index < -0.39 is 35.5 Å². The summed E-state index contributed by atoms with van der Waals surface area (Å²) in [5.74, 6) is -1.80. The van der Waals surface area contributed by atoms with Gasteiger partial charge in [-0.3, -0.25) is 0 Å². The smallest absolute Gasteiger partial charge is 0.334 e. The third-order valence-corrected chi connectivity index (χ3v) is 4.83. The standard InChI is InChI=1S/C15H16O5/c1-4-15-6-19-13(17)8(3)11(15)12-9(5-10(15)16)7(2)14(18)20-12/h4,9-12,16H,1-3,5-6H2/t9-,10+,11+,12-,15-/m1/s1. The summed E-state index contributed by atoms with van der Waals surface area (Å²) in [4.78, 5) is 23.5. The van der Waals surface area contributed by atoms with E-state index in [0.717, 1.165) is 0 Å². The van der Waals surface area contributed by atoms with Gasteiger partial charge >= 0.3 is 11.9 Å². The fourth-order valence-electron chi connectivity index (χ4n) is 3.62. The summed E-state index contributed by atoms with van der Waals surface area (Å²) >= 11 is 0. The minimum absolute atomic E-state index is 0.0213. The molecule has 0 bridgehead atoms. The van der Waals surface area contributed by atoms with E-state index in [1.165, 1.54) is 0 Å². The fraction of sp³-hybridized carbons (Fsp3) is 0.467. The number of aliphatic hydroxyl groups is 1. The number of carbonyl (C=O) groups is 2. The average Bonchev–Trinajstić information content (AvgIpc) is 2.70. The minimum Gasteiger partial charge on any atom is -0.461 e. The molecular formula is C15H16O5. The Bertz CT molecular complexity index is 548. The molecule has 2 heterocycles. The van der Waals surface area contributed by atoms with Gasteiger partial charge in [0.25, 0.3) is 0 Å². The molecule has 20 heavy (non-hydrogen) atoms. The van der Waals surface area contributed by atoms with Crippen molar-refractivity contribution in [3.63, 3.8) is 0 Å². The predicted molar refractivity (Wildman–Crippen MR) is 69.4 cm³/mol. The fourth-order valence-corrected chi connectivity index (χ4v) is 3.62. The zero-order valence-corrected chi connectivity index (χ0v) is 11.0. The van der Waals surface area contributed by atoms with Crippen molar-refractivity contribution < 1.29 is 24.2 Å². The molecule has 1 N–H and O–H groups in total. The predicted octanol–water partition coefficient (Wildman–Crippen LogP) is 0.750. The third kappa shape index (κ3) is 1.41. The van der Waals surface area contributed by atoms with E-state index in [9.17, 15) is 14.7 Å². The summed E-state index contributed by atoms with van der Waals surface area (Å²) in [6.45, 7) is 11.3. The monoisotopic (exact) mass is 276 g/mol. The number of esters is 2. The van der Waals surface area contributed by atoms with Gasteiger partial charge in [0.2, 0.25) is 0 Å². The molecule has 0 amide bonds. The zero-order chi connectivity index (χ0) is 14.7. The van der Waals surface area contributed by atoms with Crippen molar-refractivity contribution in [1.82, 2.24) is 0 Å². The quantitative estimate of drug-likeness (QED) is 0.434. The molecule has 3 fully saturated rings. The Morgan fingerprint density at radius 1 is 1.25 bits per heavy atom. The van der Waals surface area contributed by atoms with Gasteiger partial charge in [0.1, 0.15) is 12.7 Å². The molecule has 1 saturated carbocycles. The van der Waals surface area contributed by atoms with E-state index in [1.54, 1.807) is 6.08 Å². The van der Waals surface area contributed by atoms with Gasteiger partial charge in [-0.15, -0.1) is 6.58 Å². The summed E-state index contributed by atoms with van der Waals surface area (Å²) in [6, 6.07) is 0. The SMILES string of the molecule is C=C[C@]12COC(=O)C(=C)[C@H]1[C@@H]1OC(=O)C(=C)[C@H]1C[C@@H]2O. The van der Waals surface area contributed by atoms with Gasteiger partial charge in [0.05, 0.1) is 11.5 Å². The van der Waals surface area contributed by atoms with Crippen molar-refractivity contribution in [1.29, 1.82) is 0 Å². The van der Waals surface area contributed by atoms with Gasteiger partial charge < -0.3 is 14.6 Å². The first-order valence-corrected chi connectivity index (χ1v) is 6.49. The molecule has 5 atom stereocenters. The van der Waals surface area contributed by atoms with E-state index in [1.807, 2.05) is 0 Å². The Morgan fingerprint density at radius 3 is 2.60 bits per heavy atom. The zero-order valence-electron chi connectivity index (χ0n) is 11.0. The molecule has 0 aromatic carbocycles. The average molecular weight is 276 g/mol. The van der Waals surface area contributed by atoms with Crippen LogP contribution in [0.2, 0.25) is 0 Å². The maximum absolute atomic E-state index is 11.8. The second-order valence-corrected chi connectivity index (χ2v) is 5.65. The molecule has 0 aromatic heterocycles. The van der Waals surface area contributed by atoms with E-state index in [2.05, 4.69) is 19.7 Å². The molecule has 0 spiro atoms. The largest absolute Gasteiger partial charge is 0.461 e. The lowest BCUT2D eigenvalue weighted by Crippen LogP contribution is -2.59. The molecule has 0 unspecified atom stereocenters. The lowest BCUT2D eigenvalue weighted by atomic mass is 9.57. The minimum atomic E-state index is -0.850. The van der Waals surface area contributed by atoms with Crippen molar-refractivity contribution in [3.8, 4) is 0 Å². The topological polar surface area (TPSA) is 72.8 Å². The highest BCUT2D eigenvalue weighted by atomic mass is 16.6. The number of fused-ring (bicyclic) bond motifs is 3. The summed E-state index contributed by atoms with van der Waals surface area (Å²) in [5.41, 5.74) is -0.289. The van der Waals surface area contributed by atoms with Crippen LogP contribution in [-0.4, -0.2) is 35.9 Å². The normalized spacial score (nSPS) is 43.5. The maximum Gasteiger partial charge on any atom is 0.334 e. The van der Waals surface area contributed by atoms with Crippen LogP contribution < -0.4 is 0 Å². The van der Waals surface area contributed by atoms with Crippen molar-refractivity contribution in [2.24, 2.45) is 17.3 Å². The van der Waals surface area contributed by atoms with E-state index >= 15 is 0 Å². The van der Waals surface area contributed by atoms with Crippen LogP contribution in [0.25, 0.3) is 0 Å². The van der Waals surface area contributed by atoms with Gasteiger partial charge in [0, 0.05) is 23.0 Å². The molecule has 5 heteroatoms. The highest BCUT2D eigenvalue weighted by Crippen LogP contribution is 2.54. The van der Waals surface area contributed by atoms with E-state index in [4.69, 9.17) is 9.47 Å². The van der Waals surface area contributed by atoms with Crippen LogP contribution in [0.5, 0.6) is 0 Å². The van der Waals surface area contributed by atoms with Gasteiger partial charge in [-0.1, -0.05) is 19.2 Å². The Labute approximate surface area is 116 Å². The second-order valence-electron chi connectivity index (χ2n) is 5.65. The highest BCUT2D eigenvalue weighted by molar-refractivity contribution is 5.93. The first-order valence-electron chi connectivity index (χ1n) is 6.49. The number of carbonyl (C=O) groups excluding carboxylic acids is 2. The highest BCUT2D eigenvalue weighted by Gasteiger charge is 2.62. The maximum atomic E-state index is 11.8. The summed E-state index contributed by atoms with van der Waals surface area (Å²) in [5, 5.41) is 10.5. The van der Waals surface area contributed by atoms with Crippen molar-refractivity contribution in [2.75, 3.05) is 6.61 Å². The third-order valence-electron chi connectivity index (χ3n) is 4.83. The molecule has 3 rings (SSSR count). The van der Waals surface area contributed by atoms with Crippen LogP contribution in [0.4, 0.5) is 0 Å². The van der Waals surface area contributed by atoms with Crippen LogP contribution in [0.3, 0.4) is 0 Å². The number of cyclic esters (lactones) is 1. The molecule has 0 aromatic rings. The Kier molecular flexibility index (Phi) is 2.66. The Hall–Kier alpha value is -1.88. The number of ether oxygens (including phenoxy) is 2. The van der Waals surface area contributed by atoms with Crippen molar-refractivity contribution in [3.05, 3.63) is 37.0 Å². The summed E-state index contributed by atoms with van der Waals surface area (Å²) in [7, 11) is 0. The first kappa shape index (κ1) is 13.1. The lowest BCUT2D eigenvalue weighted by molar-refractivity contribution is -0.174. The van der Waals surface area contributed by atoms with Crippen molar-refractivity contribution in [2.45, 2.75) is 18.6 Å². The number of hydrogen-bond acceptors (Lipinski definition) is 5. The molecule has 2 aliphatic heterocycles. The molecule has 1 aliphatic carbocycles. The Balaban J connectivity index is 2.10. The molecule has 0 radical (unpaired) electrons. The number of rotatable bonds is 1. The van der Waals surface area contributed by atoms with Crippen LogP contribution in [0.15, 0.2) is 37.0 Å². The van der Waals surface area contributed by atoms with Crippen LogP contribution >= 0.6 is 0 Å². The van der Waals surface area contributed by atoms with E-state index in [0.29, 0.717) is 12.0 Å². The van der Waals surface area contributed by atoms with Crippen LogP contribution in [0, 0.1) is 17.3 Å². The van der Waals surface area contributed by atoms with Crippen LogP contribution in [0.1, 0.15) is 6.42 Å². The van der Waals surface area contributed by atoms with Crippen LogP contribution in [-0.2, 0) is 19.1 Å². The van der Waals surface area contributed by atoms with Crippen molar-refractivity contribution >= 4 is 11.9 Å².